The number of hydrogen-bond acceptors (Lipinski definition) is 8. The number of benzene rings is 2. The molecule has 0 saturated heterocycles. The monoisotopic (exact) mass is 524 g/mol. The number of carbonyl (C=O) groups is 3. The number of hydrogen-bond donors (Lipinski definition) is 2. The summed E-state index contributed by atoms with van der Waals surface area (Å²) in [4.78, 5) is 39.1. The van der Waals surface area contributed by atoms with Crippen LogP contribution < -0.4 is 14.8 Å². The van der Waals surface area contributed by atoms with Crippen LogP contribution in [0.25, 0.3) is 0 Å². The Kier molecular flexibility index (Phi) is 11.0. The quantitative estimate of drug-likeness (QED) is 0.490. The van der Waals surface area contributed by atoms with E-state index in [1.54, 1.807) is 38.1 Å². The first-order valence-corrected chi connectivity index (χ1v) is 12.9. The number of anilines is 1. The summed E-state index contributed by atoms with van der Waals surface area (Å²) in [5, 5.41) is 10.1. The van der Waals surface area contributed by atoms with Gasteiger partial charge in [-0.3, -0.25) is 19.3 Å². The van der Waals surface area contributed by atoms with E-state index in [-0.39, 0.29) is 28.9 Å². The molecule has 1 aliphatic heterocycles. The second-order valence-electron chi connectivity index (χ2n) is 7.66. The van der Waals surface area contributed by atoms with Gasteiger partial charge in [-0.2, -0.15) is 0 Å². The van der Waals surface area contributed by atoms with Gasteiger partial charge in [0, 0.05) is 19.8 Å². The molecule has 0 unspecified atom stereocenters. The molecule has 1 atom stereocenters. The van der Waals surface area contributed by atoms with Crippen LogP contribution in [0.15, 0.2) is 36.4 Å². The van der Waals surface area contributed by atoms with Gasteiger partial charge in [-0.15, -0.1) is 0 Å². The number of methoxy groups -OCH3 is 1. The fourth-order valence-electron chi connectivity index (χ4n) is 3.66. The van der Waals surface area contributed by atoms with Crippen molar-refractivity contribution in [2.45, 2.75) is 26.8 Å². The highest BCUT2D eigenvalue weighted by molar-refractivity contribution is 7.90. The lowest BCUT2D eigenvalue weighted by atomic mass is 10.1. The molecule has 11 nitrogen and oxygen atoms in total. The molecule has 0 bridgehead atoms. The molecule has 0 fully saturated rings. The molecule has 0 radical (unpaired) electrons. The molecule has 198 valence electrons. The molecule has 1 aliphatic rings. The molecule has 36 heavy (non-hydrogen) atoms. The number of rotatable bonds is 8. The number of imide groups is 1. The average molecular weight is 525 g/mol. The standard InChI is InChI=1S/C22H24N2O7S.C2H6O.H2O/c1-5-31-19-11-14(9-10-18(19)30-3)17(12-32(4,28)29)24-21(26)15-7-6-8-16(23-13(2)25)20(15)22(24)27;1-2-3;/h6-11,17H,5,12H2,1-4H3,(H,23,25);3H,2H2,1H3;1H2/t17-;;/m1../s1. The van der Waals surface area contributed by atoms with Crippen LogP contribution in [0, 0.1) is 0 Å². The zero-order valence-electron chi connectivity index (χ0n) is 20.8. The normalized spacial score (nSPS) is 13.1. The van der Waals surface area contributed by atoms with Crippen LogP contribution in [0.2, 0.25) is 0 Å². The minimum atomic E-state index is -3.60. The number of aliphatic hydroxyl groups is 1. The summed E-state index contributed by atoms with van der Waals surface area (Å²) in [6.45, 7) is 5.34. The summed E-state index contributed by atoms with van der Waals surface area (Å²) in [7, 11) is -2.13. The van der Waals surface area contributed by atoms with Gasteiger partial charge in [0.05, 0.1) is 42.3 Å². The van der Waals surface area contributed by atoms with Crippen LogP contribution in [-0.2, 0) is 14.6 Å². The third-order valence-electron chi connectivity index (χ3n) is 4.90. The maximum atomic E-state index is 13.3. The Hall–Kier alpha value is -3.48. The van der Waals surface area contributed by atoms with Gasteiger partial charge in [-0.25, -0.2) is 8.42 Å². The van der Waals surface area contributed by atoms with E-state index in [0.29, 0.717) is 23.7 Å². The molecule has 0 aromatic heterocycles. The van der Waals surface area contributed by atoms with E-state index < -0.39 is 39.4 Å². The van der Waals surface area contributed by atoms with Crippen LogP contribution in [0.1, 0.15) is 53.1 Å². The second kappa shape index (κ2) is 13.0. The number of ether oxygens (including phenoxy) is 2. The van der Waals surface area contributed by atoms with Crippen LogP contribution >= 0.6 is 0 Å². The van der Waals surface area contributed by atoms with Gasteiger partial charge >= 0.3 is 0 Å². The molecular formula is C24H32N2O9S. The number of aliphatic hydroxyl groups excluding tert-OH is 1. The molecule has 0 aliphatic carbocycles. The van der Waals surface area contributed by atoms with Crippen LogP contribution in [0.5, 0.6) is 11.5 Å². The first kappa shape index (κ1) is 30.6. The van der Waals surface area contributed by atoms with Gasteiger partial charge < -0.3 is 25.4 Å². The van der Waals surface area contributed by atoms with Crippen molar-refractivity contribution in [2.24, 2.45) is 0 Å². The summed E-state index contributed by atoms with van der Waals surface area (Å²) in [5.74, 6) is -1.41. The van der Waals surface area contributed by atoms with Crippen molar-refractivity contribution in [3.8, 4) is 11.5 Å². The number of sulfone groups is 1. The van der Waals surface area contributed by atoms with Crippen molar-refractivity contribution in [3.63, 3.8) is 0 Å². The number of fused-ring (bicyclic) bond motifs is 1. The van der Waals surface area contributed by atoms with E-state index in [4.69, 9.17) is 14.6 Å². The Morgan fingerprint density at radius 3 is 2.28 bits per heavy atom. The van der Waals surface area contributed by atoms with Gasteiger partial charge in [0.2, 0.25) is 5.91 Å². The van der Waals surface area contributed by atoms with Gasteiger partial charge in [0.25, 0.3) is 11.8 Å². The molecule has 0 saturated carbocycles. The van der Waals surface area contributed by atoms with E-state index in [9.17, 15) is 22.8 Å². The van der Waals surface area contributed by atoms with E-state index in [1.165, 1.54) is 26.2 Å². The van der Waals surface area contributed by atoms with Crippen molar-refractivity contribution in [1.82, 2.24) is 4.90 Å². The van der Waals surface area contributed by atoms with Gasteiger partial charge in [0.1, 0.15) is 9.84 Å². The summed E-state index contributed by atoms with van der Waals surface area (Å²) < 4.78 is 35.3. The zero-order chi connectivity index (χ0) is 26.3. The predicted octanol–water partition coefficient (Wildman–Crippen LogP) is 1.61. The first-order chi connectivity index (χ1) is 16.5. The topological polar surface area (TPSA) is 171 Å². The lowest BCUT2D eigenvalue weighted by molar-refractivity contribution is -0.114. The zero-order valence-corrected chi connectivity index (χ0v) is 21.6. The van der Waals surface area contributed by atoms with E-state index in [0.717, 1.165) is 11.2 Å². The highest BCUT2D eigenvalue weighted by atomic mass is 32.2. The fraction of sp³-hybridized carbons (Fsp3) is 0.375. The smallest absolute Gasteiger partial charge is 0.264 e. The Balaban J connectivity index is 0.00000154. The molecular weight excluding hydrogens is 492 g/mol. The maximum Gasteiger partial charge on any atom is 0.264 e. The van der Waals surface area contributed by atoms with Crippen molar-refractivity contribution < 1.29 is 42.9 Å². The number of nitrogens with one attached hydrogen (secondary N) is 1. The van der Waals surface area contributed by atoms with Crippen molar-refractivity contribution in [3.05, 3.63) is 53.1 Å². The Bertz CT molecular complexity index is 1210. The van der Waals surface area contributed by atoms with Crippen LogP contribution in [0.4, 0.5) is 5.69 Å². The number of carbonyl (C=O) groups excluding carboxylic acids is 3. The highest BCUT2D eigenvalue weighted by Gasteiger charge is 2.43. The molecule has 3 rings (SSSR count). The largest absolute Gasteiger partial charge is 0.493 e. The van der Waals surface area contributed by atoms with E-state index in [2.05, 4.69) is 5.32 Å². The molecule has 12 heteroatoms. The summed E-state index contributed by atoms with van der Waals surface area (Å²) >= 11 is 0. The third-order valence-corrected chi connectivity index (χ3v) is 5.82. The minimum Gasteiger partial charge on any atom is -0.493 e. The molecule has 4 N–H and O–H groups in total. The van der Waals surface area contributed by atoms with Crippen LogP contribution in [0.3, 0.4) is 0 Å². The van der Waals surface area contributed by atoms with Crippen LogP contribution in [-0.4, -0.2) is 74.0 Å². The Labute approximate surface area is 210 Å². The SMILES string of the molecule is CCO.CCOc1cc([C@@H](CS(C)(=O)=O)N2C(=O)c3cccc(NC(C)=O)c3C2=O)ccc1OC.O. The molecule has 0 spiro atoms. The third kappa shape index (κ3) is 7.03. The first-order valence-electron chi connectivity index (χ1n) is 10.9. The highest BCUT2D eigenvalue weighted by Crippen LogP contribution is 2.38. The summed E-state index contributed by atoms with van der Waals surface area (Å²) in [5.41, 5.74) is 0.719. The van der Waals surface area contributed by atoms with E-state index >= 15 is 0 Å². The maximum absolute atomic E-state index is 13.3. The lowest BCUT2D eigenvalue weighted by Crippen LogP contribution is -2.37. The van der Waals surface area contributed by atoms with Gasteiger partial charge in [-0.05, 0) is 43.7 Å². The Morgan fingerprint density at radius 2 is 1.75 bits per heavy atom. The van der Waals surface area contributed by atoms with Gasteiger partial charge in [-0.1, -0.05) is 12.1 Å². The molecule has 3 amide bonds. The minimum absolute atomic E-state index is 0. The van der Waals surface area contributed by atoms with Crippen molar-refractivity contribution in [2.75, 3.05) is 37.6 Å². The van der Waals surface area contributed by atoms with Crippen molar-refractivity contribution in [1.29, 1.82) is 0 Å². The number of amides is 3. The molecule has 2 aromatic carbocycles. The fourth-order valence-corrected chi connectivity index (χ4v) is 4.57. The second-order valence-corrected chi connectivity index (χ2v) is 9.84. The average Bonchev–Trinajstić information content (AvgIpc) is 3.03. The molecule has 1 heterocycles. The summed E-state index contributed by atoms with van der Waals surface area (Å²) in [6.07, 6.45) is 1.04. The summed E-state index contributed by atoms with van der Waals surface area (Å²) in [6, 6.07) is 8.18. The predicted molar refractivity (Wildman–Crippen MR) is 134 cm³/mol. The molecule has 2 aromatic rings. The number of nitrogens with zero attached hydrogens (tertiary/aromatic N) is 1. The lowest BCUT2D eigenvalue weighted by Gasteiger charge is -2.27. The van der Waals surface area contributed by atoms with Crippen molar-refractivity contribution >= 4 is 33.2 Å². The van der Waals surface area contributed by atoms with Gasteiger partial charge in [0.15, 0.2) is 11.5 Å². The Morgan fingerprint density at radius 1 is 1.11 bits per heavy atom. The van der Waals surface area contributed by atoms with E-state index in [1.807, 2.05) is 0 Å².